The lowest BCUT2D eigenvalue weighted by atomic mass is 10.2. The third kappa shape index (κ3) is 6.82. The van der Waals surface area contributed by atoms with Gasteiger partial charge in [0.05, 0.1) is 21.2 Å². The molecule has 0 fully saturated rings. The van der Waals surface area contributed by atoms with E-state index in [2.05, 4.69) is 24.2 Å². The number of allylic oxidation sites excluding steroid dienone is 1. The monoisotopic (exact) mass is 505 g/mol. The Morgan fingerprint density at radius 3 is 2.03 bits per heavy atom. The van der Waals surface area contributed by atoms with Crippen LogP contribution in [-0.2, 0) is 19.9 Å². The van der Waals surface area contributed by atoms with E-state index in [9.17, 15) is 16.8 Å². The maximum absolute atomic E-state index is 13.4. The summed E-state index contributed by atoms with van der Waals surface area (Å²) in [6, 6.07) is 24.0. The average Bonchev–Trinajstić information content (AvgIpc) is 2.86. The number of rotatable bonds is 9. The molecule has 0 saturated heterocycles. The van der Waals surface area contributed by atoms with Gasteiger partial charge in [0.15, 0.2) is 0 Å². The molecule has 3 aromatic rings. The maximum atomic E-state index is 13.4. The molecule has 0 aromatic heterocycles. The van der Waals surface area contributed by atoms with Crippen LogP contribution in [0.2, 0.25) is 0 Å². The lowest BCUT2D eigenvalue weighted by molar-refractivity contribution is 0.439. The number of sulfone groups is 1. The largest absolute Gasteiger partial charge is 0.243 e. The van der Waals surface area contributed by atoms with Gasteiger partial charge in [-0.15, -0.1) is 5.73 Å². The number of nitrogens with zero attached hydrogens (tertiary/aromatic N) is 1. The molecule has 3 aromatic carbocycles. The Bertz CT molecular complexity index is 1460. The fourth-order valence-corrected chi connectivity index (χ4v) is 6.16. The van der Waals surface area contributed by atoms with Crippen molar-refractivity contribution < 1.29 is 16.8 Å². The highest BCUT2D eigenvalue weighted by atomic mass is 32.2. The summed E-state index contributed by atoms with van der Waals surface area (Å²) in [6.07, 6.45) is 0.370. The van der Waals surface area contributed by atoms with Crippen LogP contribution < -0.4 is 0 Å². The zero-order valence-electron chi connectivity index (χ0n) is 19.5. The van der Waals surface area contributed by atoms with Gasteiger partial charge < -0.3 is 0 Å². The number of hydrogen-bond donors (Lipinski definition) is 0. The second-order valence-corrected chi connectivity index (χ2v) is 11.7. The van der Waals surface area contributed by atoms with E-state index in [1.807, 2.05) is 37.3 Å². The van der Waals surface area contributed by atoms with Crippen molar-refractivity contribution in [2.75, 3.05) is 13.1 Å². The Kier molecular flexibility index (Phi) is 8.86. The molecule has 0 saturated carbocycles. The third-order valence-corrected chi connectivity index (χ3v) is 9.06. The SMILES string of the molecule is C=C=C(CCCN(CC#Cc1ccccc1)S(=O)(=O)c1ccc(C)cc1)S(=O)(=O)c1ccccc1. The van der Waals surface area contributed by atoms with E-state index >= 15 is 0 Å². The van der Waals surface area contributed by atoms with Crippen molar-refractivity contribution in [3.63, 3.8) is 0 Å². The molecule has 0 unspecified atom stereocenters. The normalized spacial score (nSPS) is 11.4. The van der Waals surface area contributed by atoms with E-state index in [0.29, 0.717) is 0 Å². The minimum absolute atomic E-state index is 0.0241. The van der Waals surface area contributed by atoms with Crippen molar-refractivity contribution in [1.82, 2.24) is 4.31 Å². The Morgan fingerprint density at radius 1 is 0.829 bits per heavy atom. The van der Waals surface area contributed by atoms with Crippen LogP contribution in [0.5, 0.6) is 0 Å². The van der Waals surface area contributed by atoms with Crippen LogP contribution in [0.25, 0.3) is 0 Å². The van der Waals surface area contributed by atoms with Crippen LogP contribution in [0, 0.1) is 18.8 Å². The summed E-state index contributed by atoms with van der Waals surface area (Å²) in [5, 5.41) is 0. The lowest BCUT2D eigenvalue weighted by Gasteiger charge is -2.20. The van der Waals surface area contributed by atoms with Crippen molar-refractivity contribution in [1.29, 1.82) is 0 Å². The third-order valence-electron chi connectivity index (χ3n) is 5.31. The van der Waals surface area contributed by atoms with Crippen molar-refractivity contribution in [2.45, 2.75) is 29.6 Å². The first-order valence-electron chi connectivity index (χ1n) is 11.0. The molecule has 0 bridgehead atoms. The molecule has 3 rings (SSSR count). The Hall–Kier alpha value is -3.40. The lowest BCUT2D eigenvalue weighted by Crippen LogP contribution is -2.32. The fourth-order valence-electron chi connectivity index (χ4n) is 3.37. The topological polar surface area (TPSA) is 71.5 Å². The van der Waals surface area contributed by atoms with Gasteiger partial charge in [0, 0.05) is 12.1 Å². The summed E-state index contributed by atoms with van der Waals surface area (Å²) in [5.74, 6) is 5.93. The zero-order chi connectivity index (χ0) is 25.3. The Morgan fingerprint density at radius 2 is 1.43 bits per heavy atom. The first-order valence-corrected chi connectivity index (χ1v) is 14.0. The molecule has 0 N–H and O–H groups in total. The van der Waals surface area contributed by atoms with E-state index in [0.717, 1.165) is 11.1 Å². The predicted molar refractivity (Wildman–Crippen MR) is 139 cm³/mol. The minimum Gasteiger partial charge on any atom is -0.218 e. The second kappa shape index (κ2) is 11.8. The molecule has 35 heavy (non-hydrogen) atoms. The predicted octanol–water partition coefficient (Wildman–Crippen LogP) is 4.96. The standard InChI is InChI=1S/C28H27NO4S2/c1-3-26(34(30,31)27-15-8-5-9-16-27)17-11-23-29(22-10-14-25-12-6-4-7-13-25)35(32,33)28-20-18-24(2)19-21-28/h4-9,12-13,15-16,18-21H,1,11,17,22-23H2,2H3. The Balaban J connectivity index is 1.80. The number of aryl methyl sites for hydroxylation is 1. The highest BCUT2D eigenvalue weighted by Crippen LogP contribution is 2.23. The van der Waals surface area contributed by atoms with Gasteiger partial charge in [-0.1, -0.05) is 72.5 Å². The number of hydrogen-bond acceptors (Lipinski definition) is 4. The number of benzene rings is 3. The van der Waals surface area contributed by atoms with Crippen LogP contribution in [0.1, 0.15) is 24.0 Å². The smallest absolute Gasteiger partial charge is 0.218 e. The molecule has 5 nitrogen and oxygen atoms in total. The van der Waals surface area contributed by atoms with Crippen LogP contribution in [0.15, 0.2) is 112 Å². The van der Waals surface area contributed by atoms with Gasteiger partial charge in [-0.05, 0) is 56.2 Å². The van der Waals surface area contributed by atoms with Gasteiger partial charge in [-0.25, -0.2) is 16.8 Å². The van der Waals surface area contributed by atoms with Gasteiger partial charge in [0.25, 0.3) is 0 Å². The molecule has 180 valence electrons. The molecule has 0 atom stereocenters. The van der Waals surface area contributed by atoms with Gasteiger partial charge in [-0.3, -0.25) is 0 Å². The summed E-state index contributed by atoms with van der Waals surface area (Å²) >= 11 is 0. The molecule has 0 amide bonds. The molecule has 7 heteroatoms. The van der Waals surface area contributed by atoms with Crippen molar-refractivity contribution >= 4 is 19.9 Å². The summed E-state index contributed by atoms with van der Waals surface area (Å²) < 4.78 is 53.8. The summed E-state index contributed by atoms with van der Waals surface area (Å²) in [4.78, 5) is 0.358. The van der Waals surface area contributed by atoms with E-state index in [4.69, 9.17) is 0 Å². The summed E-state index contributed by atoms with van der Waals surface area (Å²) in [7, 11) is -7.58. The first kappa shape index (κ1) is 26.2. The van der Waals surface area contributed by atoms with E-state index < -0.39 is 19.9 Å². The van der Waals surface area contributed by atoms with Crippen molar-refractivity contribution in [3.8, 4) is 11.8 Å². The quantitative estimate of drug-likeness (QED) is 0.304. The molecular formula is C28H27NO4S2. The van der Waals surface area contributed by atoms with Crippen LogP contribution in [0.3, 0.4) is 0 Å². The molecule has 0 aliphatic heterocycles. The van der Waals surface area contributed by atoms with Crippen LogP contribution in [-0.4, -0.2) is 34.2 Å². The number of sulfonamides is 1. The minimum atomic E-state index is -3.83. The van der Waals surface area contributed by atoms with Crippen LogP contribution >= 0.6 is 0 Å². The van der Waals surface area contributed by atoms with Gasteiger partial charge in [0.2, 0.25) is 19.9 Å². The maximum Gasteiger partial charge on any atom is 0.243 e. The fraction of sp³-hybridized carbons (Fsp3) is 0.179. The molecule has 0 aliphatic carbocycles. The summed E-state index contributed by atoms with van der Waals surface area (Å²) in [5.41, 5.74) is 4.27. The zero-order valence-corrected chi connectivity index (χ0v) is 21.1. The van der Waals surface area contributed by atoms with Crippen molar-refractivity contribution in [3.05, 3.63) is 113 Å². The van der Waals surface area contributed by atoms with E-state index in [1.54, 1.807) is 42.5 Å². The highest BCUT2D eigenvalue weighted by Gasteiger charge is 2.25. The molecule has 0 spiro atoms. The molecule has 0 aliphatic rings. The average molecular weight is 506 g/mol. The van der Waals surface area contributed by atoms with Gasteiger partial charge >= 0.3 is 0 Å². The van der Waals surface area contributed by atoms with E-state index in [-0.39, 0.29) is 40.6 Å². The van der Waals surface area contributed by atoms with Gasteiger partial charge in [-0.2, -0.15) is 4.31 Å². The van der Waals surface area contributed by atoms with Crippen LogP contribution in [0.4, 0.5) is 0 Å². The second-order valence-electron chi connectivity index (χ2n) is 7.84. The Labute approximate surface area is 208 Å². The van der Waals surface area contributed by atoms with Gasteiger partial charge in [0.1, 0.15) is 0 Å². The highest BCUT2D eigenvalue weighted by molar-refractivity contribution is 7.95. The molecule has 0 radical (unpaired) electrons. The first-order chi connectivity index (χ1) is 16.7. The van der Waals surface area contributed by atoms with Crippen molar-refractivity contribution in [2.24, 2.45) is 0 Å². The molecular weight excluding hydrogens is 478 g/mol. The summed E-state index contributed by atoms with van der Waals surface area (Å²) in [6.45, 7) is 5.50. The van der Waals surface area contributed by atoms with E-state index in [1.165, 1.54) is 16.4 Å². The molecule has 0 heterocycles.